The Morgan fingerprint density at radius 1 is 1.03 bits per heavy atom. The van der Waals surface area contributed by atoms with Crippen LogP contribution in [0.4, 0.5) is 14.5 Å². The maximum Gasteiger partial charge on any atom is 0.586 e. The van der Waals surface area contributed by atoms with Gasteiger partial charge in [-0.3, -0.25) is 4.79 Å². The monoisotopic (exact) mass is 426 g/mol. The molecule has 2 aromatic rings. The number of carbonyl (C=O) groups is 1. The number of alkyl halides is 2. The minimum atomic E-state index is -3.83. The fourth-order valence-electron chi connectivity index (χ4n) is 2.70. The molecule has 0 fully saturated rings. The van der Waals surface area contributed by atoms with Crippen molar-refractivity contribution in [2.45, 2.75) is 44.4 Å². The number of amides is 1. The van der Waals surface area contributed by atoms with E-state index in [-0.39, 0.29) is 27.6 Å². The highest BCUT2D eigenvalue weighted by Crippen LogP contribution is 2.42. The van der Waals surface area contributed by atoms with Crippen LogP contribution in [0.2, 0.25) is 0 Å². The predicted molar refractivity (Wildman–Crippen MR) is 102 cm³/mol. The first kappa shape index (κ1) is 21.0. The second-order valence-electron chi connectivity index (χ2n) is 7.62. The van der Waals surface area contributed by atoms with E-state index in [0.29, 0.717) is 5.56 Å². The van der Waals surface area contributed by atoms with E-state index >= 15 is 0 Å². The second-order valence-corrected chi connectivity index (χ2v) is 9.30. The quantitative estimate of drug-likeness (QED) is 0.779. The summed E-state index contributed by atoms with van der Waals surface area (Å²) in [5.41, 5.74) is 0.172. The molecule has 0 bridgehead atoms. The first-order valence-corrected chi connectivity index (χ1v) is 10.1. The number of sulfonamides is 1. The third kappa shape index (κ3) is 4.83. The molecule has 10 heteroatoms. The van der Waals surface area contributed by atoms with Gasteiger partial charge in [0, 0.05) is 22.9 Å². The van der Waals surface area contributed by atoms with Crippen molar-refractivity contribution >= 4 is 21.6 Å². The standard InChI is InChI=1S/C19H20F2N2O5S/c1-11-5-7-13(29(25,26)23-18(2,3)4)10-14(11)17(24)22-12-6-8-15-16(9-12)28-19(20,21)27-15/h5-10,23H,1-4H3,(H,22,24). The van der Waals surface area contributed by atoms with E-state index in [4.69, 9.17) is 0 Å². The van der Waals surface area contributed by atoms with Crippen LogP contribution in [0.1, 0.15) is 36.7 Å². The van der Waals surface area contributed by atoms with Gasteiger partial charge >= 0.3 is 6.29 Å². The molecule has 0 atom stereocenters. The molecule has 0 aliphatic carbocycles. The number of anilines is 1. The Labute approximate surface area is 167 Å². The summed E-state index contributed by atoms with van der Waals surface area (Å²) in [6, 6.07) is 8.01. The lowest BCUT2D eigenvalue weighted by Crippen LogP contribution is -2.40. The average molecular weight is 426 g/mol. The van der Waals surface area contributed by atoms with Crippen LogP contribution < -0.4 is 19.5 Å². The molecule has 1 amide bonds. The molecule has 1 aliphatic rings. The van der Waals surface area contributed by atoms with Gasteiger partial charge in [0.25, 0.3) is 5.91 Å². The van der Waals surface area contributed by atoms with Crippen molar-refractivity contribution < 1.29 is 31.5 Å². The van der Waals surface area contributed by atoms with Crippen LogP contribution in [0.15, 0.2) is 41.3 Å². The van der Waals surface area contributed by atoms with E-state index < -0.39 is 27.8 Å². The lowest BCUT2D eigenvalue weighted by atomic mass is 10.1. The molecule has 1 heterocycles. The highest BCUT2D eigenvalue weighted by molar-refractivity contribution is 7.89. The molecule has 0 unspecified atom stereocenters. The zero-order valence-corrected chi connectivity index (χ0v) is 17.0. The van der Waals surface area contributed by atoms with Crippen molar-refractivity contribution in [2.75, 3.05) is 5.32 Å². The van der Waals surface area contributed by atoms with Gasteiger partial charge in [0.15, 0.2) is 11.5 Å². The van der Waals surface area contributed by atoms with Crippen LogP contribution >= 0.6 is 0 Å². The minimum Gasteiger partial charge on any atom is -0.395 e. The summed E-state index contributed by atoms with van der Waals surface area (Å²) in [5.74, 6) is -0.957. The Kier molecular flexibility index (Phi) is 5.04. The largest absolute Gasteiger partial charge is 0.586 e. The Bertz CT molecular complexity index is 1080. The number of benzene rings is 2. The van der Waals surface area contributed by atoms with Crippen molar-refractivity contribution in [3.8, 4) is 11.5 Å². The van der Waals surface area contributed by atoms with Gasteiger partial charge < -0.3 is 14.8 Å². The Morgan fingerprint density at radius 2 is 1.69 bits per heavy atom. The first-order valence-electron chi connectivity index (χ1n) is 8.62. The SMILES string of the molecule is Cc1ccc(S(=O)(=O)NC(C)(C)C)cc1C(=O)Nc1ccc2c(c1)OC(F)(F)O2. The van der Waals surface area contributed by atoms with Crippen LogP contribution in [0.25, 0.3) is 0 Å². The lowest BCUT2D eigenvalue weighted by Gasteiger charge is -2.20. The van der Waals surface area contributed by atoms with E-state index in [1.807, 2.05) is 0 Å². The number of halogens is 2. The van der Waals surface area contributed by atoms with Crippen molar-refractivity contribution in [3.05, 3.63) is 47.5 Å². The van der Waals surface area contributed by atoms with Gasteiger partial charge in [0.1, 0.15) is 0 Å². The molecule has 2 N–H and O–H groups in total. The first-order chi connectivity index (χ1) is 13.3. The van der Waals surface area contributed by atoms with E-state index in [0.717, 1.165) is 0 Å². The third-order valence-electron chi connectivity index (χ3n) is 3.86. The molecule has 156 valence electrons. The Balaban J connectivity index is 1.85. The molecule has 0 radical (unpaired) electrons. The normalized spacial score (nSPS) is 15.2. The average Bonchev–Trinajstić information content (AvgIpc) is 2.85. The molecule has 7 nitrogen and oxygen atoms in total. The van der Waals surface area contributed by atoms with Crippen LogP contribution in [0, 0.1) is 6.92 Å². The van der Waals surface area contributed by atoms with Crippen molar-refractivity contribution in [1.82, 2.24) is 4.72 Å². The van der Waals surface area contributed by atoms with E-state index in [9.17, 15) is 22.0 Å². The molecule has 0 spiro atoms. The summed E-state index contributed by atoms with van der Waals surface area (Å²) in [6.07, 6.45) is -3.76. The van der Waals surface area contributed by atoms with Gasteiger partial charge in [0.2, 0.25) is 10.0 Å². The summed E-state index contributed by atoms with van der Waals surface area (Å²) >= 11 is 0. The van der Waals surface area contributed by atoms with Crippen molar-refractivity contribution in [1.29, 1.82) is 0 Å². The number of fused-ring (bicyclic) bond motifs is 1. The summed E-state index contributed by atoms with van der Waals surface area (Å²) in [7, 11) is -3.83. The van der Waals surface area contributed by atoms with Gasteiger partial charge in [-0.15, -0.1) is 8.78 Å². The number of nitrogens with one attached hydrogen (secondary N) is 2. The van der Waals surface area contributed by atoms with Gasteiger partial charge in [-0.25, -0.2) is 13.1 Å². The molecular formula is C19H20F2N2O5S. The topological polar surface area (TPSA) is 93.7 Å². The van der Waals surface area contributed by atoms with E-state index in [1.54, 1.807) is 27.7 Å². The number of carbonyl (C=O) groups excluding carboxylic acids is 1. The van der Waals surface area contributed by atoms with Crippen molar-refractivity contribution in [3.63, 3.8) is 0 Å². The van der Waals surface area contributed by atoms with Gasteiger partial charge in [-0.1, -0.05) is 6.07 Å². The minimum absolute atomic E-state index is 0.0616. The molecule has 3 rings (SSSR count). The summed E-state index contributed by atoms with van der Waals surface area (Å²) < 4.78 is 62.5. The van der Waals surface area contributed by atoms with Crippen LogP contribution in [0.3, 0.4) is 0 Å². The number of hydrogen-bond acceptors (Lipinski definition) is 5. The highest BCUT2D eigenvalue weighted by atomic mass is 32.2. The predicted octanol–water partition coefficient (Wildman–Crippen LogP) is 3.65. The summed E-state index contributed by atoms with van der Waals surface area (Å²) in [5, 5.41) is 2.55. The fourth-order valence-corrected chi connectivity index (χ4v) is 4.14. The summed E-state index contributed by atoms with van der Waals surface area (Å²) in [6.45, 7) is 6.77. The molecule has 0 saturated heterocycles. The van der Waals surface area contributed by atoms with E-state index in [2.05, 4.69) is 19.5 Å². The Morgan fingerprint density at radius 3 is 2.34 bits per heavy atom. The Hall–Kier alpha value is -2.72. The zero-order chi connectivity index (χ0) is 21.6. The maximum absolute atomic E-state index is 13.1. The third-order valence-corrected chi connectivity index (χ3v) is 5.62. The molecule has 0 saturated carbocycles. The summed E-state index contributed by atoms with van der Waals surface area (Å²) in [4.78, 5) is 12.6. The zero-order valence-electron chi connectivity index (χ0n) is 16.2. The fraction of sp³-hybridized carbons (Fsp3) is 0.316. The van der Waals surface area contributed by atoms with Crippen LogP contribution in [-0.2, 0) is 10.0 Å². The molecule has 2 aromatic carbocycles. The van der Waals surface area contributed by atoms with Gasteiger partial charge in [-0.2, -0.15) is 0 Å². The van der Waals surface area contributed by atoms with Crippen molar-refractivity contribution in [2.24, 2.45) is 0 Å². The molecule has 29 heavy (non-hydrogen) atoms. The van der Waals surface area contributed by atoms with Gasteiger partial charge in [-0.05, 0) is 57.5 Å². The van der Waals surface area contributed by atoms with Crippen LogP contribution in [-0.4, -0.2) is 26.2 Å². The number of rotatable bonds is 4. The highest BCUT2D eigenvalue weighted by Gasteiger charge is 2.43. The lowest BCUT2D eigenvalue weighted by molar-refractivity contribution is -0.286. The maximum atomic E-state index is 13.1. The smallest absolute Gasteiger partial charge is 0.395 e. The van der Waals surface area contributed by atoms with E-state index in [1.165, 1.54) is 36.4 Å². The molecule has 1 aliphatic heterocycles. The van der Waals surface area contributed by atoms with Gasteiger partial charge in [0.05, 0.1) is 4.90 Å². The number of aryl methyl sites for hydroxylation is 1. The molecular weight excluding hydrogens is 406 g/mol. The number of hydrogen-bond donors (Lipinski definition) is 2. The second kappa shape index (κ2) is 6.96. The van der Waals surface area contributed by atoms with Crippen LogP contribution in [0.5, 0.6) is 11.5 Å². The molecule has 0 aromatic heterocycles. The number of ether oxygens (including phenoxy) is 2.